The molecule has 0 saturated carbocycles. The van der Waals surface area contributed by atoms with Crippen LogP contribution in [0.1, 0.15) is 21.5 Å². The van der Waals surface area contributed by atoms with Crippen molar-refractivity contribution in [1.29, 1.82) is 0 Å². The van der Waals surface area contributed by atoms with E-state index in [1.807, 2.05) is 37.3 Å². The molecule has 0 fully saturated rings. The van der Waals surface area contributed by atoms with Gasteiger partial charge in [-0.2, -0.15) is 0 Å². The van der Waals surface area contributed by atoms with Gasteiger partial charge in [0.15, 0.2) is 5.78 Å². The third kappa shape index (κ3) is 2.69. The molecule has 0 aliphatic heterocycles. The van der Waals surface area contributed by atoms with E-state index in [4.69, 9.17) is 0 Å². The van der Waals surface area contributed by atoms with Crippen LogP contribution in [0.4, 0.5) is 0 Å². The highest BCUT2D eigenvalue weighted by atomic mass is 16.1. The average molecular weight is 278 g/mol. The van der Waals surface area contributed by atoms with E-state index >= 15 is 0 Å². The fourth-order valence-corrected chi connectivity index (χ4v) is 2.22. The van der Waals surface area contributed by atoms with Crippen LogP contribution in [0.25, 0.3) is 17.1 Å². The number of fused-ring (bicyclic) bond motifs is 1. The van der Waals surface area contributed by atoms with Gasteiger partial charge in [0.2, 0.25) is 0 Å². The van der Waals surface area contributed by atoms with Crippen molar-refractivity contribution in [1.82, 2.24) is 9.97 Å². The molecule has 2 N–H and O–H groups in total. The molecule has 0 aliphatic rings. The Labute approximate surface area is 121 Å². The zero-order chi connectivity index (χ0) is 14.8. The number of hydrogen-bond acceptors (Lipinski definition) is 2. The molecule has 0 atom stereocenters. The molecule has 0 aliphatic carbocycles. The van der Waals surface area contributed by atoms with Gasteiger partial charge in [0.25, 0.3) is 0 Å². The normalized spacial score (nSPS) is 11.3. The van der Waals surface area contributed by atoms with Crippen molar-refractivity contribution >= 4 is 22.9 Å². The zero-order valence-corrected chi connectivity index (χ0v) is 11.5. The first kappa shape index (κ1) is 13.1. The number of H-pyrrole nitrogens is 2. The summed E-state index contributed by atoms with van der Waals surface area (Å²) in [5, 5.41) is 0. The van der Waals surface area contributed by atoms with Gasteiger partial charge >= 0.3 is 5.69 Å². The Hall–Kier alpha value is -2.88. The second kappa shape index (κ2) is 5.25. The number of nitrogens with one attached hydrogen (secondary N) is 2. The van der Waals surface area contributed by atoms with Crippen molar-refractivity contribution < 1.29 is 4.79 Å². The Kier molecular flexibility index (Phi) is 3.28. The van der Waals surface area contributed by atoms with E-state index < -0.39 is 0 Å². The molecule has 1 aromatic heterocycles. The third-order valence-corrected chi connectivity index (χ3v) is 3.40. The van der Waals surface area contributed by atoms with Crippen molar-refractivity contribution in [2.45, 2.75) is 6.92 Å². The Morgan fingerprint density at radius 1 is 1.05 bits per heavy atom. The van der Waals surface area contributed by atoms with Gasteiger partial charge in [-0.15, -0.1) is 0 Å². The van der Waals surface area contributed by atoms with Crippen molar-refractivity contribution in [3.05, 3.63) is 75.7 Å². The Morgan fingerprint density at radius 2 is 1.81 bits per heavy atom. The summed E-state index contributed by atoms with van der Waals surface area (Å²) in [4.78, 5) is 28.7. The van der Waals surface area contributed by atoms with Crippen LogP contribution < -0.4 is 5.69 Å². The lowest BCUT2D eigenvalue weighted by atomic mass is 10.1. The second-order valence-corrected chi connectivity index (χ2v) is 4.89. The van der Waals surface area contributed by atoms with Crippen LogP contribution in [-0.4, -0.2) is 15.8 Å². The van der Waals surface area contributed by atoms with Gasteiger partial charge in [-0.1, -0.05) is 30.3 Å². The first-order chi connectivity index (χ1) is 10.1. The first-order valence-electron chi connectivity index (χ1n) is 6.63. The quantitative estimate of drug-likeness (QED) is 0.571. The minimum absolute atomic E-state index is 0.0952. The number of carbonyl (C=O) groups excluding carboxylic acids is 1. The molecule has 3 aromatic rings. The number of aromatic nitrogens is 2. The third-order valence-electron chi connectivity index (χ3n) is 3.40. The van der Waals surface area contributed by atoms with Crippen LogP contribution in [0.5, 0.6) is 0 Å². The van der Waals surface area contributed by atoms with Gasteiger partial charge in [0.05, 0.1) is 11.0 Å². The van der Waals surface area contributed by atoms with Crippen LogP contribution >= 0.6 is 0 Å². The molecule has 21 heavy (non-hydrogen) atoms. The Balaban J connectivity index is 1.90. The minimum atomic E-state index is -0.273. The second-order valence-electron chi connectivity index (χ2n) is 4.89. The summed E-state index contributed by atoms with van der Waals surface area (Å²) < 4.78 is 0. The standard InChI is InChI=1S/C17H14N2O2/c1-11-4-2-3-5-12(11)7-9-16(20)13-6-8-14-15(10-13)19-17(21)18-14/h2-10H,1H3,(H2,18,19,21). The highest BCUT2D eigenvalue weighted by Crippen LogP contribution is 2.13. The molecule has 0 radical (unpaired) electrons. The summed E-state index contributed by atoms with van der Waals surface area (Å²) in [7, 11) is 0. The number of imidazole rings is 1. The summed E-state index contributed by atoms with van der Waals surface area (Å²) in [6.07, 6.45) is 3.36. The molecular formula is C17H14N2O2. The van der Waals surface area contributed by atoms with E-state index in [1.165, 1.54) is 0 Å². The van der Waals surface area contributed by atoms with Crippen LogP contribution in [0.3, 0.4) is 0 Å². The predicted octanol–water partition coefficient (Wildman–Crippen LogP) is 3.06. The van der Waals surface area contributed by atoms with Gasteiger partial charge in [-0.25, -0.2) is 4.79 Å². The molecular weight excluding hydrogens is 264 g/mol. The maximum absolute atomic E-state index is 12.2. The zero-order valence-electron chi connectivity index (χ0n) is 11.5. The number of ketones is 1. The predicted molar refractivity (Wildman–Crippen MR) is 83.5 cm³/mol. The van der Waals surface area contributed by atoms with Crippen molar-refractivity contribution in [3.63, 3.8) is 0 Å². The molecule has 0 bridgehead atoms. The van der Waals surface area contributed by atoms with E-state index in [0.29, 0.717) is 16.6 Å². The van der Waals surface area contributed by atoms with Gasteiger partial charge in [0, 0.05) is 5.56 Å². The molecule has 3 rings (SSSR count). The number of aryl methyl sites for hydroxylation is 1. The highest BCUT2D eigenvalue weighted by Gasteiger charge is 2.05. The summed E-state index contributed by atoms with van der Waals surface area (Å²) in [6.45, 7) is 2.00. The molecule has 0 amide bonds. The van der Waals surface area contributed by atoms with Crippen LogP contribution in [0, 0.1) is 6.92 Å². The van der Waals surface area contributed by atoms with Crippen LogP contribution in [-0.2, 0) is 0 Å². The van der Waals surface area contributed by atoms with Crippen molar-refractivity contribution in [3.8, 4) is 0 Å². The summed E-state index contributed by atoms with van der Waals surface area (Å²) in [6, 6.07) is 13.0. The number of carbonyl (C=O) groups is 1. The SMILES string of the molecule is Cc1ccccc1C=CC(=O)c1ccc2[nH]c(=O)[nH]c2c1. The maximum atomic E-state index is 12.2. The smallest absolute Gasteiger partial charge is 0.306 e. The molecule has 2 aromatic carbocycles. The van der Waals surface area contributed by atoms with Crippen molar-refractivity contribution in [2.24, 2.45) is 0 Å². The molecule has 0 spiro atoms. The van der Waals surface area contributed by atoms with Gasteiger partial charge in [-0.3, -0.25) is 4.79 Å². The van der Waals surface area contributed by atoms with Crippen LogP contribution in [0.2, 0.25) is 0 Å². The van der Waals surface area contributed by atoms with E-state index in [0.717, 1.165) is 11.1 Å². The first-order valence-corrected chi connectivity index (χ1v) is 6.63. The molecule has 4 heteroatoms. The molecule has 0 unspecified atom stereocenters. The minimum Gasteiger partial charge on any atom is -0.306 e. The largest absolute Gasteiger partial charge is 0.323 e. The van der Waals surface area contributed by atoms with E-state index in [2.05, 4.69) is 9.97 Å². The maximum Gasteiger partial charge on any atom is 0.323 e. The molecule has 1 heterocycles. The molecule has 0 saturated heterocycles. The molecule has 4 nitrogen and oxygen atoms in total. The Morgan fingerprint density at radius 3 is 2.62 bits per heavy atom. The summed E-state index contributed by atoms with van der Waals surface area (Å²) >= 11 is 0. The van der Waals surface area contributed by atoms with E-state index in [-0.39, 0.29) is 11.5 Å². The summed E-state index contributed by atoms with van der Waals surface area (Å²) in [5.41, 5.74) is 3.73. The molecule has 104 valence electrons. The van der Waals surface area contributed by atoms with Gasteiger partial charge in [0.1, 0.15) is 0 Å². The Bertz CT molecular complexity index is 900. The number of aromatic amines is 2. The lowest BCUT2D eigenvalue weighted by molar-refractivity contribution is 0.104. The number of rotatable bonds is 3. The lowest BCUT2D eigenvalue weighted by Gasteiger charge is -1.99. The monoisotopic (exact) mass is 278 g/mol. The fourth-order valence-electron chi connectivity index (χ4n) is 2.22. The van der Waals surface area contributed by atoms with Crippen LogP contribution in [0.15, 0.2) is 53.3 Å². The number of hydrogen-bond donors (Lipinski definition) is 2. The van der Waals surface area contributed by atoms with Gasteiger partial charge < -0.3 is 9.97 Å². The van der Waals surface area contributed by atoms with E-state index in [9.17, 15) is 9.59 Å². The fraction of sp³-hybridized carbons (Fsp3) is 0.0588. The average Bonchev–Trinajstić information content (AvgIpc) is 2.85. The van der Waals surface area contributed by atoms with Gasteiger partial charge in [-0.05, 0) is 42.3 Å². The topological polar surface area (TPSA) is 65.7 Å². The highest BCUT2D eigenvalue weighted by molar-refractivity contribution is 6.08. The van der Waals surface area contributed by atoms with Crippen molar-refractivity contribution in [2.75, 3.05) is 0 Å². The number of benzene rings is 2. The van der Waals surface area contributed by atoms with E-state index in [1.54, 1.807) is 24.3 Å². The number of allylic oxidation sites excluding steroid dienone is 1. The lowest BCUT2D eigenvalue weighted by Crippen LogP contribution is -1.99. The summed E-state index contributed by atoms with van der Waals surface area (Å²) in [5.74, 6) is -0.0952.